The molecule has 0 N–H and O–H groups in total. The Bertz CT molecular complexity index is 551. The van der Waals surface area contributed by atoms with Gasteiger partial charge in [-0.15, -0.1) is 5.10 Å². The zero-order valence-electron chi connectivity index (χ0n) is 12.7. The molecular formula is C14H20N4O3. The van der Waals surface area contributed by atoms with Crippen molar-refractivity contribution in [2.45, 2.75) is 58.5 Å². The Hall–Kier alpha value is -1.94. The molecule has 7 heteroatoms. The van der Waals surface area contributed by atoms with Crippen LogP contribution < -0.4 is 0 Å². The summed E-state index contributed by atoms with van der Waals surface area (Å²) < 4.78 is 12.8. The molecule has 0 unspecified atom stereocenters. The number of ether oxygens (including phenoxy) is 2. The van der Waals surface area contributed by atoms with Crippen LogP contribution in [0.4, 0.5) is 0 Å². The van der Waals surface area contributed by atoms with E-state index in [2.05, 4.69) is 16.4 Å². The summed E-state index contributed by atoms with van der Waals surface area (Å²) in [6, 6.07) is 1.82. The lowest BCUT2D eigenvalue weighted by atomic mass is 9.85. The molecule has 1 aliphatic rings. The molecule has 0 amide bonds. The zero-order valence-corrected chi connectivity index (χ0v) is 12.7. The number of rotatable bonds is 3. The molecule has 1 fully saturated rings. The van der Waals surface area contributed by atoms with Gasteiger partial charge in [-0.05, 0) is 13.3 Å². The average Bonchev–Trinajstić information content (AvgIpc) is 2.85. The van der Waals surface area contributed by atoms with Crippen molar-refractivity contribution in [3.05, 3.63) is 11.9 Å². The number of aryl methyl sites for hydroxylation is 1. The minimum atomic E-state index is -0.801. The predicted molar refractivity (Wildman–Crippen MR) is 73.1 cm³/mol. The second kappa shape index (κ2) is 6.22. The molecule has 2 rings (SSSR count). The van der Waals surface area contributed by atoms with E-state index < -0.39 is 18.2 Å². The molecule has 0 radical (unpaired) electrons. The Labute approximate surface area is 123 Å². The topological polar surface area (TPSA) is 90.0 Å². The summed E-state index contributed by atoms with van der Waals surface area (Å²) in [5.74, 6) is -0.391. The number of nitrogens with zero attached hydrogens (tertiary/aromatic N) is 4. The molecule has 0 spiro atoms. The van der Waals surface area contributed by atoms with Gasteiger partial charge in [0.25, 0.3) is 0 Å². The van der Waals surface area contributed by atoms with Crippen LogP contribution in [0.3, 0.4) is 0 Å². The van der Waals surface area contributed by atoms with Crippen LogP contribution >= 0.6 is 0 Å². The molecule has 7 nitrogen and oxygen atoms in total. The summed E-state index contributed by atoms with van der Waals surface area (Å²) in [6.45, 7) is 7.19. The lowest BCUT2D eigenvalue weighted by Crippen LogP contribution is -2.52. The maximum absolute atomic E-state index is 11.4. The fraction of sp³-hybridized carbons (Fsp3) is 0.714. The molecular weight excluding hydrogens is 272 g/mol. The van der Waals surface area contributed by atoms with E-state index in [4.69, 9.17) is 9.47 Å². The quantitative estimate of drug-likeness (QED) is 0.782. The van der Waals surface area contributed by atoms with Crippen molar-refractivity contribution in [2.75, 3.05) is 0 Å². The van der Waals surface area contributed by atoms with Gasteiger partial charge in [0, 0.05) is 19.0 Å². The number of aromatic nitrogens is 3. The molecule has 0 aliphatic carbocycles. The van der Waals surface area contributed by atoms with Gasteiger partial charge in [0.15, 0.2) is 12.2 Å². The molecule has 0 bridgehead atoms. The van der Waals surface area contributed by atoms with Gasteiger partial charge in [0.2, 0.25) is 0 Å². The van der Waals surface area contributed by atoms with Gasteiger partial charge in [-0.1, -0.05) is 19.1 Å². The minimum absolute atomic E-state index is 0.0463. The van der Waals surface area contributed by atoms with E-state index in [1.807, 2.05) is 20.8 Å². The van der Waals surface area contributed by atoms with E-state index >= 15 is 0 Å². The largest absolute Gasteiger partial charge is 0.456 e. The van der Waals surface area contributed by atoms with E-state index in [0.29, 0.717) is 0 Å². The Morgan fingerprint density at radius 1 is 1.62 bits per heavy atom. The Balaban J connectivity index is 2.40. The molecule has 1 aromatic rings. The molecule has 5 atom stereocenters. The van der Waals surface area contributed by atoms with E-state index in [1.54, 1.807) is 10.9 Å². The second-order valence-corrected chi connectivity index (χ2v) is 5.40. The van der Waals surface area contributed by atoms with E-state index in [9.17, 15) is 10.1 Å². The van der Waals surface area contributed by atoms with Crippen molar-refractivity contribution >= 4 is 5.97 Å². The highest BCUT2D eigenvalue weighted by Crippen LogP contribution is 2.37. The highest BCUT2D eigenvalue weighted by molar-refractivity contribution is 5.66. The summed E-state index contributed by atoms with van der Waals surface area (Å²) in [4.78, 5) is 11.4. The van der Waals surface area contributed by atoms with Gasteiger partial charge in [-0.25, -0.2) is 4.68 Å². The highest BCUT2D eigenvalue weighted by Gasteiger charge is 2.46. The smallest absolute Gasteiger partial charge is 0.303 e. The van der Waals surface area contributed by atoms with Crippen molar-refractivity contribution in [3.8, 4) is 6.07 Å². The third-order valence-corrected chi connectivity index (χ3v) is 3.84. The summed E-state index contributed by atoms with van der Waals surface area (Å²) >= 11 is 0. The summed E-state index contributed by atoms with van der Waals surface area (Å²) in [6.07, 6.45) is 0.993. The normalized spacial score (nSPS) is 32.4. The molecule has 1 saturated heterocycles. The van der Waals surface area contributed by atoms with E-state index in [1.165, 1.54) is 6.92 Å². The van der Waals surface area contributed by atoms with Crippen molar-refractivity contribution < 1.29 is 14.3 Å². The SMILES string of the molecule is CC[C@H]1O[C@@H](C#N)[C@H](OC(C)=O)[C@@H](n2cc(C)nn2)[C@H]1C. The first-order chi connectivity index (χ1) is 9.97. The first-order valence-electron chi connectivity index (χ1n) is 7.08. The first-order valence-corrected chi connectivity index (χ1v) is 7.08. The second-order valence-electron chi connectivity index (χ2n) is 5.40. The van der Waals surface area contributed by atoms with Gasteiger partial charge < -0.3 is 9.47 Å². The molecule has 21 heavy (non-hydrogen) atoms. The van der Waals surface area contributed by atoms with Crippen LogP contribution in [0.5, 0.6) is 0 Å². The van der Waals surface area contributed by atoms with Gasteiger partial charge in [0.1, 0.15) is 0 Å². The zero-order chi connectivity index (χ0) is 15.6. The van der Waals surface area contributed by atoms with Crippen LogP contribution in [0, 0.1) is 24.2 Å². The lowest BCUT2D eigenvalue weighted by Gasteiger charge is -2.42. The van der Waals surface area contributed by atoms with Crippen molar-refractivity contribution in [1.82, 2.24) is 15.0 Å². The third kappa shape index (κ3) is 3.05. The standard InChI is InChI=1S/C14H20N4O3/c1-5-11-9(3)13(18-7-8(2)16-17-18)14(20-10(4)19)12(6-15)21-11/h7,9,11-14H,5H2,1-4H3/t9-,11+,12-,13-,14-/m0/s1. The maximum Gasteiger partial charge on any atom is 0.303 e. The number of esters is 1. The van der Waals surface area contributed by atoms with E-state index in [-0.39, 0.29) is 18.1 Å². The summed E-state index contributed by atoms with van der Waals surface area (Å²) in [7, 11) is 0. The average molecular weight is 292 g/mol. The van der Waals surface area contributed by atoms with Gasteiger partial charge in [0.05, 0.1) is 23.9 Å². The van der Waals surface area contributed by atoms with Crippen LogP contribution in [0.25, 0.3) is 0 Å². The molecule has 1 aliphatic heterocycles. The molecule has 2 heterocycles. The number of hydrogen-bond donors (Lipinski definition) is 0. The Morgan fingerprint density at radius 3 is 2.81 bits per heavy atom. The summed E-state index contributed by atoms with van der Waals surface area (Å²) in [5, 5.41) is 17.4. The third-order valence-electron chi connectivity index (χ3n) is 3.84. The predicted octanol–water partition coefficient (Wildman–Crippen LogP) is 1.40. The highest BCUT2D eigenvalue weighted by atomic mass is 16.6. The van der Waals surface area contributed by atoms with Crippen LogP contribution in [-0.2, 0) is 14.3 Å². The monoisotopic (exact) mass is 292 g/mol. The molecule has 0 saturated carbocycles. The van der Waals surface area contributed by atoms with Gasteiger partial charge in [-0.3, -0.25) is 4.79 Å². The molecule has 0 aromatic carbocycles. The number of carbonyl (C=O) groups excluding carboxylic acids is 1. The van der Waals surface area contributed by atoms with Gasteiger partial charge in [-0.2, -0.15) is 5.26 Å². The number of nitriles is 1. The molecule has 114 valence electrons. The lowest BCUT2D eigenvalue weighted by molar-refractivity contribution is -0.183. The maximum atomic E-state index is 11.4. The fourth-order valence-electron chi connectivity index (χ4n) is 2.89. The first kappa shape index (κ1) is 15.4. The Kier molecular flexibility index (Phi) is 4.58. The fourth-order valence-corrected chi connectivity index (χ4v) is 2.89. The summed E-state index contributed by atoms with van der Waals surface area (Å²) in [5.41, 5.74) is 0.775. The number of carbonyl (C=O) groups is 1. The van der Waals surface area contributed by atoms with Crippen LogP contribution in [0.1, 0.15) is 38.9 Å². The van der Waals surface area contributed by atoms with E-state index in [0.717, 1.165) is 12.1 Å². The van der Waals surface area contributed by atoms with Crippen LogP contribution in [0.15, 0.2) is 6.20 Å². The molecule has 1 aromatic heterocycles. The van der Waals surface area contributed by atoms with Crippen molar-refractivity contribution in [1.29, 1.82) is 5.26 Å². The minimum Gasteiger partial charge on any atom is -0.456 e. The number of hydrogen-bond acceptors (Lipinski definition) is 6. The van der Waals surface area contributed by atoms with Crippen molar-refractivity contribution in [2.24, 2.45) is 5.92 Å². The van der Waals surface area contributed by atoms with Crippen molar-refractivity contribution in [3.63, 3.8) is 0 Å². The van der Waals surface area contributed by atoms with Crippen LogP contribution in [0.2, 0.25) is 0 Å². The van der Waals surface area contributed by atoms with Gasteiger partial charge >= 0.3 is 5.97 Å². The Morgan fingerprint density at radius 2 is 2.33 bits per heavy atom. The van der Waals surface area contributed by atoms with Crippen LogP contribution in [-0.4, -0.2) is 39.3 Å².